The molecule has 0 atom stereocenters. The normalized spacial score (nSPS) is 10.8. The minimum Gasteiger partial charge on any atom is -0.477 e. The van der Waals surface area contributed by atoms with Crippen molar-refractivity contribution in [2.75, 3.05) is 11.9 Å². The van der Waals surface area contributed by atoms with E-state index in [0.29, 0.717) is 39.3 Å². The fourth-order valence-electron chi connectivity index (χ4n) is 2.97. The maximum absolute atomic E-state index is 12.8. The second-order valence-electron chi connectivity index (χ2n) is 6.48. The molecule has 0 unspecified atom stereocenters. The number of hydrogen-bond acceptors (Lipinski definition) is 6. The minimum atomic E-state index is -0.721. The van der Waals surface area contributed by atoms with Gasteiger partial charge in [-0.1, -0.05) is 28.1 Å². The highest BCUT2D eigenvalue weighted by Crippen LogP contribution is 2.28. The van der Waals surface area contributed by atoms with Crippen LogP contribution in [-0.4, -0.2) is 22.7 Å². The molecule has 4 rings (SSSR count). The van der Waals surface area contributed by atoms with Gasteiger partial charge in [-0.3, -0.25) is 4.79 Å². The first kappa shape index (κ1) is 21.2. The molecule has 0 bridgehead atoms. The Bertz CT molecular complexity index is 1340. The second kappa shape index (κ2) is 8.99. The molecule has 0 saturated carbocycles. The van der Waals surface area contributed by atoms with Crippen molar-refractivity contribution in [2.24, 2.45) is 0 Å². The number of amides is 1. The third kappa shape index (κ3) is 4.67. The van der Waals surface area contributed by atoms with Gasteiger partial charge in [-0.25, -0.2) is 4.79 Å². The van der Waals surface area contributed by atoms with E-state index in [1.807, 2.05) is 13.0 Å². The fourth-order valence-corrected chi connectivity index (χ4v) is 4.31. The molecule has 7 nitrogen and oxygen atoms in total. The number of anilines is 1. The Morgan fingerprint density at radius 1 is 1.10 bits per heavy atom. The van der Waals surface area contributed by atoms with Crippen molar-refractivity contribution in [3.8, 4) is 17.1 Å². The number of fused-ring (bicyclic) bond motifs is 1. The van der Waals surface area contributed by atoms with Crippen LogP contribution in [0.5, 0.6) is 5.88 Å². The summed E-state index contributed by atoms with van der Waals surface area (Å²) in [4.78, 5) is 25.2. The van der Waals surface area contributed by atoms with E-state index >= 15 is 0 Å². The van der Waals surface area contributed by atoms with E-state index in [4.69, 9.17) is 9.15 Å². The molecule has 0 aliphatic heterocycles. The monoisotopic (exact) mass is 543 g/mol. The molecule has 1 amide bonds. The molecule has 0 fully saturated rings. The van der Waals surface area contributed by atoms with Gasteiger partial charge in [-0.15, -0.1) is 10.2 Å². The molecular weight excluding hydrogens is 530 g/mol. The number of carbonyl (C=O) groups is 1. The highest BCUT2D eigenvalue weighted by Gasteiger charge is 2.16. The smallest absolute Gasteiger partial charge is 0.349 e. The summed E-state index contributed by atoms with van der Waals surface area (Å²) in [6.45, 7) is 2.38. The van der Waals surface area contributed by atoms with E-state index < -0.39 is 11.5 Å². The SMILES string of the molecule is CCOc1ccc(-c2cccc(NC(=O)c3cc4cc(Br)cc(Br)c4oc3=O)c2)nn1. The van der Waals surface area contributed by atoms with Crippen LogP contribution in [0.3, 0.4) is 0 Å². The average molecular weight is 545 g/mol. The maximum atomic E-state index is 12.8. The van der Waals surface area contributed by atoms with Crippen molar-refractivity contribution >= 4 is 54.4 Å². The number of aromatic nitrogens is 2. The van der Waals surface area contributed by atoms with Gasteiger partial charge in [0.25, 0.3) is 5.91 Å². The van der Waals surface area contributed by atoms with Crippen molar-refractivity contribution in [3.63, 3.8) is 0 Å². The lowest BCUT2D eigenvalue weighted by Gasteiger charge is -2.08. The van der Waals surface area contributed by atoms with Crippen LogP contribution in [0.15, 0.2) is 72.8 Å². The summed E-state index contributed by atoms with van der Waals surface area (Å²) >= 11 is 6.75. The Balaban J connectivity index is 1.61. The Labute approximate surface area is 193 Å². The number of halogens is 2. The Kier molecular flexibility index (Phi) is 6.15. The van der Waals surface area contributed by atoms with E-state index in [2.05, 4.69) is 47.4 Å². The van der Waals surface area contributed by atoms with E-state index in [1.54, 1.807) is 42.5 Å². The number of hydrogen-bond donors (Lipinski definition) is 1. The summed E-state index contributed by atoms with van der Waals surface area (Å²) in [7, 11) is 0. The summed E-state index contributed by atoms with van der Waals surface area (Å²) in [6.07, 6.45) is 0. The molecular formula is C22H15Br2N3O4. The van der Waals surface area contributed by atoms with Crippen molar-refractivity contribution < 1.29 is 13.9 Å². The Morgan fingerprint density at radius 2 is 1.94 bits per heavy atom. The molecule has 0 aliphatic rings. The molecule has 2 aromatic heterocycles. The summed E-state index contributed by atoms with van der Waals surface area (Å²) < 4.78 is 12.1. The minimum absolute atomic E-state index is 0.0937. The molecule has 0 aliphatic carbocycles. The van der Waals surface area contributed by atoms with Gasteiger partial charge in [0.15, 0.2) is 5.58 Å². The Hall–Kier alpha value is -3.04. The van der Waals surface area contributed by atoms with Crippen molar-refractivity contribution in [1.29, 1.82) is 0 Å². The zero-order chi connectivity index (χ0) is 22.0. The lowest BCUT2D eigenvalue weighted by atomic mass is 10.1. The number of ether oxygens (including phenoxy) is 1. The first-order valence-electron chi connectivity index (χ1n) is 9.26. The highest BCUT2D eigenvalue weighted by molar-refractivity contribution is 9.11. The van der Waals surface area contributed by atoms with E-state index in [-0.39, 0.29) is 5.56 Å². The summed E-state index contributed by atoms with van der Waals surface area (Å²) in [5.74, 6) is -0.126. The summed E-state index contributed by atoms with van der Waals surface area (Å²) in [5, 5.41) is 11.5. The van der Waals surface area contributed by atoms with Crippen LogP contribution in [0.2, 0.25) is 0 Å². The molecule has 0 saturated heterocycles. The van der Waals surface area contributed by atoms with E-state index in [0.717, 1.165) is 10.0 Å². The molecule has 0 spiro atoms. The van der Waals surface area contributed by atoms with E-state index in [9.17, 15) is 9.59 Å². The molecule has 4 aromatic rings. The molecule has 0 radical (unpaired) electrons. The predicted molar refractivity (Wildman–Crippen MR) is 124 cm³/mol. The van der Waals surface area contributed by atoms with Crippen LogP contribution >= 0.6 is 31.9 Å². The van der Waals surface area contributed by atoms with Gasteiger partial charge in [0, 0.05) is 27.2 Å². The van der Waals surface area contributed by atoms with Gasteiger partial charge >= 0.3 is 5.63 Å². The summed E-state index contributed by atoms with van der Waals surface area (Å²) in [5.41, 5.74) is 1.45. The quantitative estimate of drug-likeness (QED) is 0.337. The lowest BCUT2D eigenvalue weighted by Crippen LogP contribution is -2.20. The fraction of sp³-hybridized carbons (Fsp3) is 0.0909. The topological polar surface area (TPSA) is 94.3 Å². The molecule has 2 aromatic carbocycles. The van der Waals surface area contributed by atoms with Gasteiger partial charge < -0.3 is 14.5 Å². The van der Waals surface area contributed by atoms with Gasteiger partial charge in [-0.2, -0.15) is 0 Å². The third-order valence-electron chi connectivity index (χ3n) is 4.34. The first-order chi connectivity index (χ1) is 14.9. The van der Waals surface area contributed by atoms with Crippen LogP contribution in [0, 0.1) is 0 Å². The summed E-state index contributed by atoms with van der Waals surface area (Å²) in [6, 6.07) is 15.6. The van der Waals surface area contributed by atoms with Crippen LogP contribution < -0.4 is 15.7 Å². The van der Waals surface area contributed by atoms with E-state index in [1.165, 1.54) is 6.07 Å². The van der Waals surface area contributed by atoms with Crippen LogP contribution in [-0.2, 0) is 0 Å². The maximum Gasteiger partial charge on any atom is 0.349 e. The molecule has 1 N–H and O–H groups in total. The standard InChI is InChI=1S/C22H15Br2N3O4/c1-2-30-19-7-6-18(26-27-19)12-4-3-5-15(9-12)25-21(28)16-10-13-8-14(23)11-17(24)20(13)31-22(16)29/h3-11H,2H2,1H3,(H,25,28). The molecule has 2 heterocycles. The number of nitrogens with one attached hydrogen (secondary N) is 1. The van der Waals surface area contributed by atoms with Crippen LogP contribution in [0.1, 0.15) is 17.3 Å². The Morgan fingerprint density at radius 3 is 2.68 bits per heavy atom. The first-order valence-corrected chi connectivity index (χ1v) is 10.8. The highest BCUT2D eigenvalue weighted by atomic mass is 79.9. The second-order valence-corrected chi connectivity index (χ2v) is 8.25. The number of rotatable bonds is 5. The zero-order valence-corrected chi connectivity index (χ0v) is 19.4. The predicted octanol–water partition coefficient (Wildman–Crippen LogP) is 5.43. The number of carbonyl (C=O) groups excluding carboxylic acids is 1. The average Bonchev–Trinajstić information content (AvgIpc) is 2.75. The number of benzene rings is 2. The lowest BCUT2D eigenvalue weighted by molar-refractivity contribution is 0.102. The van der Waals surface area contributed by atoms with Crippen LogP contribution in [0.25, 0.3) is 22.2 Å². The van der Waals surface area contributed by atoms with Gasteiger partial charge in [0.2, 0.25) is 5.88 Å². The van der Waals surface area contributed by atoms with Gasteiger partial charge in [0.1, 0.15) is 5.56 Å². The molecule has 31 heavy (non-hydrogen) atoms. The molecule has 9 heteroatoms. The molecule has 156 valence electrons. The largest absolute Gasteiger partial charge is 0.477 e. The van der Waals surface area contributed by atoms with Gasteiger partial charge in [0.05, 0.1) is 16.8 Å². The third-order valence-corrected chi connectivity index (χ3v) is 5.39. The van der Waals surface area contributed by atoms with Crippen molar-refractivity contribution in [2.45, 2.75) is 6.92 Å². The van der Waals surface area contributed by atoms with Gasteiger partial charge in [-0.05, 0) is 59.3 Å². The van der Waals surface area contributed by atoms with Crippen LogP contribution in [0.4, 0.5) is 5.69 Å². The van der Waals surface area contributed by atoms with Crippen molar-refractivity contribution in [1.82, 2.24) is 10.2 Å². The van der Waals surface area contributed by atoms with Crippen molar-refractivity contribution in [3.05, 3.63) is 79.5 Å². The number of nitrogens with zero attached hydrogens (tertiary/aromatic N) is 2. The zero-order valence-electron chi connectivity index (χ0n) is 16.2.